The third-order valence-electron chi connectivity index (χ3n) is 1.75. The van der Waals surface area contributed by atoms with Crippen LogP contribution >= 0.6 is 12.4 Å². The Hall–Kier alpha value is -1.83. The van der Waals surface area contributed by atoms with E-state index in [2.05, 4.69) is 4.99 Å². The van der Waals surface area contributed by atoms with Crippen molar-refractivity contribution in [3.8, 4) is 0 Å². The molecule has 0 unspecified atom stereocenters. The maximum atomic E-state index is 12.9. The second-order valence-electron chi connectivity index (χ2n) is 3.03. The highest BCUT2D eigenvalue weighted by Crippen LogP contribution is 2.31. The first-order valence-corrected chi connectivity index (χ1v) is 4.22. The molecule has 18 heavy (non-hydrogen) atoms. The Kier molecular flexibility index (Phi) is 5.10. The van der Waals surface area contributed by atoms with E-state index < -0.39 is 35.0 Å². The molecule has 0 saturated carbocycles. The van der Waals surface area contributed by atoms with Crippen LogP contribution in [-0.4, -0.2) is 11.9 Å². The Morgan fingerprint density at radius 3 is 2.22 bits per heavy atom. The maximum Gasteiger partial charge on any atom is 0.419 e. The smallest absolute Gasteiger partial charge is 0.370 e. The van der Waals surface area contributed by atoms with E-state index in [1.807, 2.05) is 0 Å². The summed E-state index contributed by atoms with van der Waals surface area (Å²) in [5.41, 5.74) is 7.79. The van der Waals surface area contributed by atoms with Gasteiger partial charge >= 0.3 is 6.18 Å². The largest absolute Gasteiger partial charge is 0.419 e. The molecular formula is C9H8ClF4N3O. The molecule has 0 aliphatic heterocycles. The normalized spacial score (nSPS) is 10.4. The summed E-state index contributed by atoms with van der Waals surface area (Å²) in [6.45, 7) is 0. The van der Waals surface area contributed by atoms with Crippen LogP contribution in [0.3, 0.4) is 0 Å². The lowest BCUT2D eigenvalue weighted by Crippen LogP contribution is -2.24. The molecule has 1 rings (SSSR count). The van der Waals surface area contributed by atoms with Crippen molar-refractivity contribution >= 4 is 24.3 Å². The highest BCUT2D eigenvalue weighted by atomic mass is 35.5. The third-order valence-corrected chi connectivity index (χ3v) is 1.75. The van der Waals surface area contributed by atoms with E-state index in [4.69, 9.17) is 11.5 Å². The number of guanidine groups is 1. The first-order valence-electron chi connectivity index (χ1n) is 4.22. The number of carbonyl (C=O) groups excluding carboxylic acids is 1. The van der Waals surface area contributed by atoms with E-state index in [0.29, 0.717) is 12.1 Å². The molecule has 0 aliphatic carbocycles. The van der Waals surface area contributed by atoms with E-state index in [0.717, 1.165) is 6.07 Å². The molecule has 4 N–H and O–H groups in total. The van der Waals surface area contributed by atoms with Crippen LogP contribution in [0.2, 0.25) is 0 Å². The van der Waals surface area contributed by atoms with Gasteiger partial charge in [0.2, 0.25) is 0 Å². The minimum atomic E-state index is -4.89. The molecule has 0 aliphatic rings. The van der Waals surface area contributed by atoms with Gasteiger partial charge in [-0.2, -0.15) is 18.2 Å². The number of nitrogens with zero attached hydrogens (tertiary/aromatic N) is 1. The molecule has 4 nitrogen and oxygen atoms in total. The van der Waals surface area contributed by atoms with Gasteiger partial charge in [0.25, 0.3) is 5.91 Å². The molecule has 1 aromatic carbocycles. The average Bonchev–Trinajstić information content (AvgIpc) is 2.15. The van der Waals surface area contributed by atoms with E-state index in [1.165, 1.54) is 0 Å². The van der Waals surface area contributed by atoms with Crippen molar-refractivity contribution in [2.75, 3.05) is 0 Å². The molecule has 0 aromatic heterocycles. The number of alkyl halides is 3. The molecule has 9 heteroatoms. The Morgan fingerprint density at radius 2 is 1.78 bits per heavy atom. The zero-order valence-electron chi connectivity index (χ0n) is 8.66. The average molecular weight is 286 g/mol. The molecular weight excluding hydrogens is 278 g/mol. The lowest BCUT2D eigenvalue weighted by molar-refractivity contribution is -0.140. The predicted octanol–water partition coefficient (Wildman–Crippen LogP) is 1.68. The van der Waals surface area contributed by atoms with Crippen LogP contribution < -0.4 is 11.5 Å². The zero-order chi connectivity index (χ0) is 13.2. The number of nitrogens with two attached hydrogens (primary N) is 2. The van der Waals surface area contributed by atoms with Crippen LogP contribution in [0, 0.1) is 5.82 Å². The summed E-state index contributed by atoms with van der Waals surface area (Å²) < 4.78 is 49.8. The van der Waals surface area contributed by atoms with E-state index >= 15 is 0 Å². The fraction of sp³-hybridized carbons (Fsp3) is 0.111. The standard InChI is InChI=1S/C9H7F4N3O.ClH/c10-6-2-1-4(7(17)16-8(14)15)3-5(6)9(11,12)13;/h1-3H,(H4,14,15,16,17);1H. The monoisotopic (exact) mass is 285 g/mol. The lowest BCUT2D eigenvalue weighted by Gasteiger charge is -2.08. The van der Waals surface area contributed by atoms with Gasteiger partial charge in [0.15, 0.2) is 5.96 Å². The quantitative estimate of drug-likeness (QED) is 0.468. The van der Waals surface area contributed by atoms with Crippen molar-refractivity contribution in [3.63, 3.8) is 0 Å². The summed E-state index contributed by atoms with van der Waals surface area (Å²) >= 11 is 0. The van der Waals surface area contributed by atoms with Gasteiger partial charge in [-0.15, -0.1) is 12.4 Å². The SMILES string of the molecule is Cl.NC(N)=NC(=O)c1ccc(F)c(C(F)(F)F)c1. The summed E-state index contributed by atoms with van der Waals surface area (Å²) in [6.07, 6.45) is -4.89. The Balaban J connectivity index is 0.00000289. The second kappa shape index (κ2) is 5.67. The van der Waals surface area contributed by atoms with Crippen LogP contribution in [0.5, 0.6) is 0 Å². The molecule has 0 bridgehead atoms. The van der Waals surface area contributed by atoms with Crippen molar-refractivity contribution in [1.82, 2.24) is 0 Å². The van der Waals surface area contributed by atoms with Crippen LogP contribution in [0.4, 0.5) is 17.6 Å². The molecule has 0 atom stereocenters. The van der Waals surface area contributed by atoms with Crippen molar-refractivity contribution in [3.05, 3.63) is 35.1 Å². The molecule has 0 fully saturated rings. The number of benzene rings is 1. The lowest BCUT2D eigenvalue weighted by atomic mass is 10.1. The number of rotatable bonds is 1. The summed E-state index contributed by atoms with van der Waals surface area (Å²) in [7, 11) is 0. The zero-order valence-corrected chi connectivity index (χ0v) is 9.48. The second-order valence-corrected chi connectivity index (χ2v) is 3.03. The van der Waals surface area contributed by atoms with Crippen LogP contribution in [-0.2, 0) is 6.18 Å². The van der Waals surface area contributed by atoms with Crippen molar-refractivity contribution in [1.29, 1.82) is 0 Å². The molecule has 0 spiro atoms. The van der Waals surface area contributed by atoms with E-state index in [-0.39, 0.29) is 12.4 Å². The molecule has 0 heterocycles. The first kappa shape index (κ1) is 16.2. The number of aliphatic imine (C=N–C) groups is 1. The van der Waals surface area contributed by atoms with Gasteiger partial charge in [0.1, 0.15) is 5.82 Å². The van der Waals surface area contributed by atoms with Gasteiger partial charge in [0, 0.05) is 5.56 Å². The molecule has 1 aromatic rings. The Morgan fingerprint density at radius 1 is 1.22 bits per heavy atom. The maximum absolute atomic E-state index is 12.9. The summed E-state index contributed by atoms with van der Waals surface area (Å²) in [5, 5.41) is 0. The fourth-order valence-electron chi connectivity index (χ4n) is 1.06. The minimum absolute atomic E-state index is 0. The highest BCUT2D eigenvalue weighted by Gasteiger charge is 2.34. The summed E-state index contributed by atoms with van der Waals surface area (Å²) in [4.78, 5) is 14.3. The van der Waals surface area contributed by atoms with Crippen molar-refractivity contribution < 1.29 is 22.4 Å². The van der Waals surface area contributed by atoms with Crippen molar-refractivity contribution in [2.24, 2.45) is 16.5 Å². The number of hydrogen-bond acceptors (Lipinski definition) is 1. The van der Waals surface area contributed by atoms with Crippen LogP contribution in [0.1, 0.15) is 15.9 Å². The molecule has 0 saturated heterocycles. The van der Waals surface area contributed by atoms with Gasteiger partial charge in [-0.3, -0.25) is 4.79 Å². The van der Waals surface area contributed by atoms with Gasteiger partial charge in [-0.25, -0.2) is 4.39 Å². The van der Waals surface area contributed by atoms with Crippen LogP contribution in [0.15, 0.2) is 23.2 Å². The number of carbonyl (C=O) groups is 1. The van der Waals surface area contributed by atoms with E-state index in [9.17, 15) is 22.4 Å². The number of hydrogen-bond donors (Lipinski definition) is 2. The fourth-order valence-corrected chi connectivity index (χ4v) is 1.06. The number of halogens is 5. The summed E-state index contributed by atoms with van der Waals surface area (Å²) in [6, 6.07) is 1.74. The predicted molar refractivity (Wildman–Crippen MR) is 58.8 cm³/mol. The minimum Gasteiger partial charge on any atom is -0.370 e. The highest BCUT2D eigenvalue weighted by molar-refractivity contribution is 6.01. The van der Waals surface area contributed by atoms with Gasteiger partial charge in [0.05, 0.1) is 5.56 Å². The van der Waals surface area contributed by atoms with Gasteiger partial charge in [-0.05, 0) is 18.2 Å². The first-order chi connectivity index (χ1) is 7.71. The molecule has 0 radical (unpaired) electrons. The van der Waals surface area contributed by atoms with Crippen LogP contribution in [0.25, 0.3) is 0 Å². The third kappa shape index (κ3) is 3.88. The molecule has 100 valence electrons. The Labute approximate surface area is 105 Å². The van der Waals surface area contributed by atoms with Crippen molar-refractivity contribution in [2.45, 2.75) is 6.18 Å². The topological polar surface area (TPSA) is 81.5 Å². The number of amides is 1. The summed E-state index contributed by atoms with van der Waals surface area (Å²) in [5.74, 6) is -3.14. The molecule has 1 amide bonds. The van der Waals surface area contributed by atoms with Gasteiger partial charge < -0.3 is 11.5 Å². The van der Waals surface area contributed by atoms with E-state index in [1.54, 1.807) is 0 Å². The van der Waals surface area contributed by atoms with Gasteiger partial charge in [-0.1, -0.05) is 0 Å². The Bertz CT molecular complexity index is 483.